The molecule has 3 aromatic rings. The second-order valence-corrected chi connectivity index (χ2v) is 10.6. The molecule has 2 amide bonds. The number of carbonyl (C=O) groups excluding carboxylic acids is 2. The van der Waals surface area contributed by atoms with Crippen molar-refractivity contribution >= 4 is 55.8 Å². The van der Waals surface area contributed by atoms with Crippen LogP contribution in [0.15, 0.2) is 24.3 Å². The van der Waals surface area contributed by atoms with Crippen LogP contribution >= 0.6 is 22.9 Å². The van der Waals surface area contributed by atoms with Crippen LogP contribution in [0, 0.1) is 0 Å². The lowest BCUT2D eigenvalue weighted by Gasteiger charge is -2.18. The highest BCUT2D eigenvalue weighted by molar-refractivity contribution is 7.84. The van der Waals surface area contributed by atoms with E-state index in [0.29, 0.717) is 28.6 Å². The Morgan fingerprint density at radius 2 is 1.87 bits per heavy atom. The van der Waals surface area contributed by atoms with E-state index < -0.39 is 10.8 Å². The molecule has 9 heteroatoms. The van der Waals surface area contributed by atoms with Gasteiger partial charge in [0.15, 0.2) is 0 Å². The number of carbonyl (C=O) groups is 2. The molecular formula is C22H19ClN2O4S2. The summed E-state index contributed by atoms with van der Waals surface area (Å²) in [6.07, 6.45) is 1.16. The molecule has 5 rings (SSSR count). The van der Waals surface area contributed by atoms with Crippen molar-refractivity contribution in [3.05, 3.63) is 45.4 Å². The molecule has 0 saturated carbocycles. The average molecular weight is 475 g/mol. The van der Waals surface area contributed by atoms with E-state index in [4.69, 9.17) is 21.3 Å². The third-order valence-electron chi connectivity index (χ3n) is 5.74. The first-order valence-electron chi connectivity index (χ1n) is 9.91. The Morgan fingerprint density at radius 3 is 2.55 bits per heavy atom. The number of thiophene rings is 1. The van der Waals surface area contributed by atoms with E-state index in [9.17, 15) is 13.8 Å². The smallest absolute Gasteiger partial charge is 0.230 e. The van der Waals surface area contributed by atoms with Crippen molar-refractivity contribution in [2.75, 3.05) is 12.9 Å². The number of imide groups is 1. The zero-order chi connectivity index (χ0) is 21.7. The van der Waals surface area contributed by atoms with Crippen LogP contribution in [0.4, 0.5) is 0 Å². The predicted octanol–water partition coefficient (Wildman–Crippen LogP) is 4.08. The van der Waals surface area contributed by atoms with Gasteiger partial charge in [0.2, 0.25) is 11.8 Å². The second-order valence-electron chi connectivity index (χ2n) is 7.57. The molecular weight excluding hydrogens is 456 g/mol. The van der Waals surface area contributed by atoms with Gasteiger partial charge in [0.05, 0.1) is 30.1 Å². The van der Waals surface area contributed by atoms with Gasteiger partial charge in [0.25, 0.3) is 0 Å². The van der Waals surface area contributed by atoms with Crippen molar-refractivity contribution in [3.8, 4) is 16.9 Å². The lowest BCUT2D eigenvalue weighted by Crippen LogP contribution is -2.29. The second kappa shape index (κ2) is 8.00. The SMILES string of the molecule is COc1ccc(-c2c(Cl)c(CN3C(=O)CCC3=O)nc3sc4c(c23)CC[S@](=O)C4)cc1. The topological polar surface area (TPSA) is 76.6 Å². The molecule has 2 aliphatic heterocycles. The van der Waals surface area contributed by atoms with Crippen LogP contribution in [-0.2, 0) is 39.1 Å². The number of aryl methyl sites for hydroxylation is 1. The first-order chi connectivity index (χ1) is 15.0. The summed E-state index contributed by atoms with van der Waals surface area (Å²) in [4.78, 5) is 32.2. The quantitative estimate of drug-likeness (QED) is 0.532. The van der Waals surface area contributed by atoms with Gasteiger partial charge in [0.1, 0.15) is 10.6 Å². The molecule has 31 heavy (non-hydrogen) atoms. The van der Waals surface area contributed by atoms with Crippen LogP contribution in [0.2, 0.25) is 5.02 Å². The van der Waals surface area contributed by atoms with Gasteiger partial charge in [-0.2, -0.15) is 0 Å². The Hall–Kier alpha value is -2.29. The normalized spacial score (nSPS) is 18.6. The van der Waals surface area contributed by atoms with Crippen LogP contribution in [0.3, 0.4) is 0 Å². The van der Waals surface area contributed by atoms with E-state index in [0.717, 1.165) is 37.5 Å². The fraction of sp³-hybridized carbons (Fsp3) is 0.318. The minimum Gasteiger partial charge on any atom is -0.497 e. The zero-order valence-electron chi connectivity index (χ0n) is 16.8. The standard InChI is InChI=1S/C22H19ClN2O4S2/c1-29-13-4-2-12(3-5-13)19-20-14-8-9-31(28)11-16(14)30-22(20)24-15(21(19)23)10-25-17(26)6-7-18(25)27/h2-5H,6-11H2,1H3/t31-/m0/s1. The summed E-state index contributed by atoms with van der Waals surface area (Å²) < 4.78 is 17.4. The summed E-state index contributed by atoms with van der Waals surface area (Å²) in [5.74, 6) is 1.48. The van der Waals surface area contributed by atoms with E-state index in [-0.39, 0.29) is 31.2 Å². The fourth-order valence-corrected chi connectivity index (χ4v) is 7.18. The van der Waals surface area contributed by atoms with E-state index in [1.165, 1.54) is 16.2 Å². The maximum atomic E-state index is 12.2. The van der Waals surface area contributed by atoms with Crippen molar-refractivity contribution < 1.29 is 18.5 Å². The molecule has 1 saturated heterocycles. The van der Waals surface area contributed by atoms with Gasteiger partial charge in [-0.05, 0) is 29.7 Å². The lowest BCUT2D eigenvalue weighted by atomic mass is 9.97. The Balaban J connectivity index is 1.72. The van der Waals surface area contributed by atoms with E-state index in [1.807, 2.05) is 24.3 Å². The number of pyridine rings is 1. The van der Waals surface area contributed by atoms with Crippen molar-refractivity contribution in [1.82, 2.24) is 9.88 Å². The minimum atomic E-state index is -0.872. The number of hydrogen-bond donors (Lipinski definition) is 0. The first kappa shape index (κ1) is 20.6. The molecule has 2 aliphatic rings. The third kappa shape index (κ3) is 3.56. The maximum Gasteiger partial charge on any atom is 0.230 e. The van der Waals surface area contributed by atoms with Crippen LogP contribution in [0.1, 0.15) is 29.0 Å². The summed E-state index contributed by atoms with van der Waals surface area (Å²) in [5.41, 5.74) is 3.41. The number of likely N-dealkylation sites (tertiary alicyclic amines) is 1. The van der Waals surface area contributed by atoms with Gasteiger partial charge in [-0.3, -0.25) is 18.7 Å². The van der Waals surface area contributed by atoms with E-state index >= 15 is 0 Å². The zero-order valence-corrected chi connectivity index (χ0v) is 19.2. The number of methoxy groups -OCH3 is 1. The van der Waals surface area contributed by atoms with Crippen LogP contribution in [0.5, 0.6) is 5.75 Å². The molecule has 1 fully saturated rings. The molecule has 0 spiro atoms. The number of nitrogens with zero attached hydrogens (tertiary/aromatic N) is 2. The lowest BCUT2D eigenvalue weighted by molar-refractivity contribution is -0.139. The number of hydrogen-bond acceptors (Lipinski definition) is 6. The van der Waals surface area contributed by atoms with Gasteiger partial charge < -0.3 is 4.74 Å². The molecule has 1 atom stereocenters. The Bertz CT molecular complexity index is 1240. The monoisotopic (exact) mass is 474 g/mol. The fourth-order valence-electron chi connectivity index (χ4n) is 4.16. The molecule has 1 aromatic carbocycles. The molecule has 0 radical (unpaired) electrons. The van der Waals surface area contributed by atoms with Gasteiger partial charge in [-0.25, -0.2) is 4.98 Å². The van der Waals surface area contributed by atoms with Gasteiger partial charge in [-0.1, -0.05) is 23.7 Å². The summed E-state index contributed by atoms with van der Waals surface area (Å²) >= 11 is 8.43. The predicted molar refractivity (Wildman–Crippen MR) is 122 cm³/mol. The summed E-state index contributed by atoms with van der Waals surface area (Å²) in [6.45, 7) is 0.0596. The number of ether oxygens (including phenoxy) is 1. The van der Waals surface area contributed by atoms with Crippen molar-refractivity contribution in [3.63, 3.8) is 0 Å². The van der Waals surface area contributed by atoms with Gasteiger partial charge in [0, 0.05) is 45.2 Å². The first-order valence-corrected chi connectivity index (χ1v) is 12.6. The molecule has 0 unspecified atom stereocenters. The van der Waals surface area contributed by atoms with Crippen molar-refractivity contribution in [2.45, 2.75) is 31.6 Å². The number of rotatable bonds is 4. The molecule has 4 heterocycles. The molecule has 2 aromatic heterocycles. The third-order valence-corrected chi connectivity index (χ3v) is 8.73. The molecule has 0 N–H and O–H groups in total. The summed E-state index contributed by atoms with van der Waals surface area (Å²) in [6, 6.07) is 7.64. The highest BCUT2D eigenvalue weighted by atomic mass is 35.5. The Labute approximate surface area is 190 Å². The number of benzene rings is 1. The van der Waals surface area contributed by atoms with Gasteiger partial charge >= 0.3 is 0 Å². The minimum absolute atomic E-state index is 0.0596. The van der Waals surface area contributed by atoms with Gasteiger partial charge in [-0.15, -0.1) is 11.3 Å². The van der Waals surface area contributed by atoms with E-state index in [1.54, 1.807) is 7.11 Å². The maximum absolute atomic E-state index is 12.2. The molecule has 0 bridgehead atoms. The Morgan fingerprint density at radius 1 is 1.16 bits per heavy atom. The highest BCUT2D eigenvalue weighted by Crippen LogP contribution is 2.44. The highest BCUT2D eigenvalue weighted by Gasteiger charge is 2.32. The molecule has 0 aliphatic carbocycles. The largest absolute Gasteiger partial charge is 0.497 e. The number of halogens is 1. The molecule has 6 nitrogen and oxygen atoms in total. The Kier molecular flexibility index (Phi) is 5.32. The number of fused-ring (bicyclic) bond motifs is 3. The van der Waals surface area contributed by atoms with E-state index in [2.05, 4.69) is 0 Å². The number of aromatic nitrogens is 1. The van der Waals surface area contributed by atoms with Crippen molar-refractivity contribution in [2.24, 2.45) is 0 Å². The average Bonchev–Trinajstić information content (AvgIpc) is 3.28. The van der Waals surface area contributed by atoms with Crippen molar-refractivity contribution in [1.29, 1.82) is 0 Å². The molecule has 160 valence electrons. The number of amides is 2. The summed E-state index contributed by atoms with van der Waals surface area (Å²) in [5, 5.41) is 1.42. The van der Waals surface area contributed by atoms with Crippen LogP contribution in [0.25, 0.3) is 21.3 Å². The summed E-state index contributed by atoms with van der Waals surface area (Å²) in [7, 11) is 0.743. The van der Waals surface area contributed by atoms with Crippen LogP contribution in [-0.4, -0.2) is 38.8 Å². The van der Waals surface area contributed by atoms with Crippen LogP contribution < -0.4 is 4.74 Å².